The van der Waals surface area contributed by atoms with E-state index in [1.165, 1.54) is 12.3 Å². The summed E-state index contributed by atoms with van der Waals surface area (Å²) in [6.45, 7) is 0.108. The average molecular weight is 208 g/mol. The van der Waals surface area contributed by atoms with E-state index < -0.39 is 0 Å². The minimum atomic E-state index is 0.108. The summed E-state index contributed by atoms with van der Waals surface area (Å²) >= 11 is 5.82. The van der Waals surface area contributed by atoms with E-state index in [9.17, 15) is 0 Å². The van der Waals surface area contributed by atoms with Crippen molar-refractivity contribution in [3.05, 3.63) is 33.3 Å². The van der Waals surface area contributed by atoms with Crippen LogP contribution in [0.2, 0.25) is 5.02 Å². The molecule has 0 unspecified atom stereocenters. The number of anilines is 1. The minimum Gasteiger partial charge on any atom is -0.384 e. The van der Waals surface area contributed by atoms with Gasteiger partial charge in [0, 0.05) is 17.2 Å². The largest absolute Gasteiger partial charge is 0.384 e. The van der Waals surface area contributed by atoms with Crippen LogP contribution in [-0.2, 0) is 0 Å². The molecule has 0 spiro atoms. The number of hydrogen-bond acceptors (Lipinski definition) is 3. The molecular weight excluding hydrogens is 202 g/mol. The molecular formula is C8H6ClN5. The molecule has 1 aromatic heterocycles. The van der Waals surface area contributed by atoms with Gasteiger partial charge in [0.15, 0.2) is 0 Å². The lowest BCUT2D eigenvalue weighted by Crippen LogP contribution is -1.90. The van der Waals surface area contributed by atoms with Gasteiger partial charge in [-0.05, 0) is 5.53 Å². The number of rotatable bonds is 1. The smallest absolute Gasteiger partial charge is 0.124 e. The lowest BCUT2D eigenvalue weighted by Gasteiger charge is -1.95. The first-order valence-electron chi connectivity index (χ1n) is 3.65. The Balaban J connectivity index is 2.84. The fourth-order valence-electron chi connectivity index (χ4n) is 0.739. The van der Waals surface area contributed by atoms with Crippen LogP contribution >= 0.6 is 11.6 Å². The third-order valence-electron chi connectivity index (χ3n) is 1.31. The Morgan fingerprint density at radius 2 is 2.50 bits per heavy atom. The van der Waals surface area contributed by atoms with Gasteiger partial charge in [-0.25, -0.2) is 4.98 Å². The van der Waals surface area contributed by atoms with Crippen molar-refractivity contribution in [2.24, 2.45) is 5.11 Å². The highest BCUT2D eigenvalue weighted by Gasteiger charge is 1.96. The van der Waals surface area contributed by atoms with Crippen LogP contribution in [0.5, 0.6) is 0 Å². The molecule has 0 bridgehead atoms. The first-order chi connectivity index (χ1) is 6.74. The first-order valence-corrected chi connectivity index (χ1v) is 4.02. The van der Waals surface area contributed by atoms with Gasteiger partial charge in [0.25, 0.3) is 0 Å². The van der Waals surface area contributed by atoms with E-state index in [1.807, 2.05) is 0 Å². The number of hydrogen-bond donors (Lipinski definition) is 1. The lowest BCUT2D eigenvalue weighted by atomic mass is 10.3. The Morgan fingerprint density at radius 1 is 1.71 bits per heavy atom. The first kappa shape index (κ1) is 10.2. The summed E-state index contributed by atoms with van der Waals surface area (Å²) in [5.41, 5.74) is 13.9. The fraction of sp³-hybridized carbons (Fsp3) is 0.125. The summed E-state index contributed by atoms with van der Waals surface area (Å²) in [5.74, 6) is 5.68. The third kappa shape index (κ3) is 2.87. The quantitative estimate of drug-likeness (QED) is 0.330. The third-order valence-corrected chi connectivity index (χ3v) is 1.62. The number of nitrogen functional groups attached to an aromatic ring is 1. The Morgan fingerprint density at radius 3 is 3.14 bits per heavy atom. The number of nitrogens with zero attached hydrogens (tertiary/aromatic N) is 4. The SMILES string of the molecule is [N-]=[N+]=NCC#Cc1cnc(N)cc1Cl. The monoisotopic (exact) mass is 207 g/mol. The normalized spacial score (nSPS) is 8.36. The zero-order valence-corrected chi connectivity index (χ0v) is 7.86. The molecule has 0 fully saturated rings. The molecule has 2 N–H and O–H groups in total. The Labute approximate surface area is 85.5 Å². The van der Waals surface area contributed by atoms with Crippen LogP contribution < -0.4 is 5.73 Å². The van der Waals surface area contributed by atoms with Crippen LogP contribution in [0.3, 0.4) is 0 Å². The molecule has 0 aliphatic heterocycles. The van der Waals surface area contributed by atoms with Crippen LogP contribution in [0.15, 0.2) is 17.4 Å². The molecule has 0 amide bonds. The molecule has 0 aliphatic rings. The van der Waals surface area contributed by atoms with Crippen molar-refractivity contribution in [2.75, 3.05) is 12.3 Å². The highest BCUT2D eigenvalue weighted by molar-refractivity contribution is 6.31. The van der Waals surface area contributed by atoms with Crippen molar-refractivity contribution in [3.8, 4) is 11.8 Å². The molecule has 6 heteroatoms. The van der Waals surface area contributed by atoms with Crippen LogP contribution in [0, 0.1) is 11.8 Å². The summed E-state index contributed by atoms with van der Waals surface area (Å²) in [4.78, 5) is 6.38. The lowest BCUT2D eigenvalue weighted by molar-refractivity contribution is 1.25. The zero-order chi connectivity index (χ0) is 10.4. The molecule has 0 atom stereocenters. The highest BCUT2D eigenvalue weighted by atomic mass is 35.5. The average Bonchev–Trinajstić information content (AvgIpc) is 2.15. The molecule has 0 aliphatic carbocycles. The second-order valence-electron chi connectivity index (χ2n) is 2.28. The van der Waals surface area contributed by atoms with Crippen molar-refractivity contribution in [1.82, 2.24) is 4.98 Å². The predicted molar refractivity (Wildman–Crippen MR) is 54.6 cm³/mol. The van der Waals surface area contributed by atoms with Gasteiger partial charge in [0.1, 0.15) is 5.82 Å². The van der Waals surface area contributed by atoms with E-state index in [4.69, 9.17) is 22.9 Å². The van der Waals surface area contributed by atoms with Gasteiger partial charge in [-0.3, -0.25) is 0 Å². The molecule has 0 saturated heterocycles. The van der Waals surface area contributed by atoms with Gasteiger partial charge in [-0.1, -0.05) is 28.6 Å². The topological polar surface area (TPSA) is 87.7 Å². The number of nitrogens with two attached hydrogens (primary N) is 1. The van der Waals surface area contributed by atoms with Gasteiger partial charge in [0.05, 0.1) is 17.1 Å². The van der Waals surface area contributed by atoms with Crippen LogP contribution in [0.25, 0.3) is 10.4 Å². The molecule has 0 saturated carbocycles. The van der Waals surface area contributed by atoms with Crippen molar-refractivity contribution in [3.63, 3.8) is 0 Å². The summed E-state index contributed by atoms with van der Waals surface area (Å²) in [6, 6.07) is 1.51. The molecule has 5 nitrogen and oxygen atoms in total. The second kappa shape index (κ2) is 4.97. The molecule has 1 heterocycles. The second-order valence-corrected chi connectivity index (χ2v) is 2.69. The van der Waals surface area contributed by atoms with Crippen LogP contribution in [0.4, 0.5) is 5.82 Å². The summed E-state index contributed by atoms with van der Waals surface area (Å²) in [5, 5.41) is 3.69. The maximum Gasteiger partial charge on any atom is 0.124 e. The zero-order valence-electron chi connectivity index (χ0n) is 7.11. The molecule has 14 heavy (non-hydrogen) atoms. The maximum absolute atomic E-state index is 7.99. The molecule has 0 radical (unpaired) electrons. The Kier molecular flexibility index (Phi) is 3.62. The van der Waals surface area contributed by atoms with E-state index in [0.717, 1.165) is 0 Å². The van der Waals surface area contributed by atoms with Crippen LogP contribution in [-0.4, -0.2) is 11.5 Å². The van der Waals surface area contributed by atoms with Crippen molar-refractivity contribution < 1.29 is 0 Å². The van der Waals surface area contributed by atoms with Crippen molar-refractivity contribution in [1.29, 1.82) is 0 Å². The minimum absolute atomic E-state index is 0.108. The Bertz CT molecular complexity index is 439. The van der Waals surface area contributed by atoms with E-state index in [2.05, 4.69) is 26.9 Å². The summed E-state index contributed by atoms with van der Waals surface area (Å²) in [6.07, 6.45) is 1.47. The van der Waals surface area contributed by atoms with Crippen molar-refractivity contribution in [2.45, 2.75) is 0 Å². The highest BCUT2D eigenvalue weighted by Crippen LogP contribution is 2.15. The van der Waals surface area contributed by atoms with Gasteiger partial charge in [-0.2, -0.15) is 0 Å². The van der Waals surface area contributed by atoms with Crippen molar-refractivity contribution >= 4 is 17.4 Å². The van der Waals surface area contributed by atoms with Gasteiger partial charge in [0.2, 0.25) is 0 Å². The number of aromatic nitrogens is 1. The summed E-state index contributed by atoms with van der Waals surface area (Å²) < 4.78 is 0. The van der Waals surface area contributed by atoms with Crippen LogP contribution in [0.1, 0.15) is 5.56 Å². The molecule has 1 rings (SSSR count). The molecule has 0 aromatic carbocycles. The van der Waals surface area contributed by atoms with E-state index in [1.54, 1.807) is 0 Å². The molecule has 70 valence electrons. The predicted octanol–water partition coefficient (Wildman–Crippen LogP) is 1.98. The van der Waals surface area contributed by atoms with Gasteiger partial charge >= 0.3 is 0 Å². The Hall–Kier alpha value is -1.89. The van der Waals surface area contributed by atoms with E-state index >= 15 is 0 Å². The number of halogens is 1. The molecule has 1 aromatic rings. The maximum atomic E-state index is 7.99. The van der Waals surface area contributed by atoms with E-state index in [0.29, 0.717) is 16.4 Å². The fourth-order valence-corrected chi connectivity index (χ4v) is 0.947. The van der Waals surface area contributed by atoms with E-state index in [-0.39, 0.29) is 6.54 Å². The van der Waals surface area contributed by atoms with Gasteiger partial charge in [-0.15, -0.1) is 0 Å². The number of pyridine rings is 1. The summed E-state index contributed by atoms with van der Waals surface area (Å²) in [7, 11) is 0. The van der Waals surface area contributed by atoms with Gasteiger partial charge < -0.3 is 5.73 Å². The standard InChI is InChI=1S/C8H6ClN5/c9-7-4-8(10)12-5-6(7)2-1-3-13-14-11/h4-5H,3H2,(H2,10,12). The number of azide groups is 1.